The average molecular weight is 274 g/mol. The number of rotatable bonds is 1. The Morgan fingerprint density at radius 2 is 1.62 bits per heavy atom. The van der Waals surface area contributed by atoms with Crippen molar-refractivity contribution in [3.63, 3.8) is 0 Å². The van der Waals surface area contributed by atoms with Crippen molar-refractivity contribution in [3.8, 4) is 11.3 Å². The summed E-state index contributed by atoms with van der Waals surface area (Å²) in [5, 5.41) is 1.14. The van der Waals surface area contributed by atoms with E-state index in [1.54, 1.807) is 30.5 Å². The van der Waals surface area contributed by atoms with Crippen LogP contribution in [0.4, 0.5) is 5.69 Å². The molecule has 82 valence electrons. The summed E-state index contributed by atoms with van der Waals surface area (Å²) in [7, 11) is 0. The number of hydrogen-bond acceptors (Lipinski definition) is 2. The van der Waals surface area contributed by atoms with Gasteiger partial charge in [-0.15, -0.1) is 0 Å². The molecule has 2 nitrogen and oxygen atoms in total. The first-order valence-corrected chi connectivity index (χ1v) is 5.58. The molecule has 0 aliphatic carbocycles. The predicted octanol–water partition coefficient (Wildman–Crippen LogP) is 4.29. The first-order chi connectivity index (χ1) is 7.58. The van der Waals surface area contributed by atoms with Crippen molar-refractivity contribution < 1.29 is 0 Å². The number of hydrogen-bond donors (Lipinski definition) is 1. The number of nitrogens with zero attached hydrogens (tertiary/aromatic N) is 1. The lowest BCUT2D eigenvalue weighted by Gasteiger charge is -2.05. The van der Waals surface area contributed by atoms with Crippen LogP contribution in [-0.4, -0.2) is 4.98 Å². The molecule has 0 bridgehead atoms. The van der Waals surface area contributed by atoms with Gasteiger partial charge in [0, 0.05) is 17.4 Å². The molecule has 0 aliphatic heterocycles. The van der Waals surface area contributed by atoms with Gasteiger partial charge in [0.1, 0.15) is 0 Å². The Balaban J connectivity index is 2.57. The normalized spacial score (nSPS) is 10.4. The summed E-state index contributed by atoms with van der Waals surface area (Å²) < 4.78 is 0. The van der Waals surface area contributed by atoms with Crippen LogP contribution in [0, 0.1) is 0 Å². The van der Waals surface area contributed by atoms with Crippen LogP contribution in [0.5, 0.6) is 0 Å². The number of anilines is 1. The molecule has 0 atom stereocenters. The zero-order valence-electron chi connectivity index (χ0n) is 8.05. The summed E-state index contributed by atoms with van der Waals surface area (Å²) in [5.41, 5.74) is 7.79. The van der Waals surface area contributed by atoms with E-state index in [-0.39, 0.29) is 0 Å². The lowest BCUT2D eigenvalue weighted by molar-refractivity contribution is 1.33. The van der Waals surface area contributed by atoms with E-state index in [9.17, 15) is 0 Å². The Labute approximate surface area is 108 Å². The van der Waals surface area contributed by atoms with Crippen molar-refractivity contribution in [1.82, 2.24) is 4.98 Å². The molecule has 0 saturated heterocycles. The van der Waals surface area contributed by atoms with Crippen LogP contribution in [0.1, 0.15) is 0 Å². The molecule has 0 fully saturated rings. The van der Waals surface area contributed by atoms with Gasteiger partial charge in [-0.1, -0.05) is 34.8 Å². The third-order valence-corrected chi connectivity index (χ3v) is 3.26. The van der Waals surface area contributed by atoms with Crippen molar-refractivity contribution in [2.24, 2.45) is 0 Å². The fraction of sp³-hybridized carbons (Fsp3) is 0. The standard InChI is InChI=1S/C11H7Cl3N2/c12-8-3-6(4-9(13)11(8)14)10-5-7(15)1-2-16-10/h1-5H,(H2,15,16). The zero-order valence-corrected chi connectivity index (χ0v) is 10.3. The molecule has 0 radical (unpaired) electrons. The van der Waals surface area contributed by atoms with E-state index in [0.29, 0.717) is 26.4 Å². The maximum atomic E-state index is 5.93. The molecule has 1 heterocycles. The summed E-state index contributed by atoms with van der Waals surface area (Å²) in [5.74, 6) is 0. The summed E-state index contributed by atoms with van der Waals surface area (Å²) >= 11 is 17.7. The van der Waals surface area contributed by atoms with Crippen molar-refractivity contribution in [2.75, 3.05) is 5.73 Å². The molecule has 5 heteroatoms. The monoisotopic (exact) mass is 272 g/mol. The Hall–Kier alpha value is -0.960. The molecule has 2 aromatic rings. The van der Waals surface area contributed by atoms with Gasteiger partial charge in [-0.25, -0.2) is 0 Å². The first kappa shape index (κ1) is 11.5. The van der Waals surface area contributed by atoms with Crippen molar-refractivity contribution in [2.45, 2.75) is 0 Å². The summed E-state index contributed by atoms with van der Waals surface area (Å²) in [4.78, 5) is 4.18. The Kier molecular flexibility index (Phi) is 3.24. The molecule has 0 aliphatic rings. The van der Waals surface area contributed by atoms with Crippen molar-refractivity contribution >= 4 is 40.5 Å². The van der Waals surface area contributed by atoms with Gasteiger partial charge in [-0.2, -0.15) is 0 Å². The number of benzene rings is 1. The van der Waals surface area contributed by atoms with Crippen LogP contribution in [0.3, 0.4) is 0 Å². The van der Waals surface area contributed by atoms with E-state index in [0.717, 1.165) is 5.56 Å². The lowest BCUT2D eigenvalue weighted by Crippen LogP contribution is -1.89. The van der Waals surface area contributed by atoms with E-state index in [1.807, 2.05) is 0 Å². The maximum Gasteiger partial charge on any atom is 0.0778 e. The number of nitrogen functional groups attached to an aromatic ring is 1. The van der Waals surface area contributed by atoms with Crippen molar-refractivity contribution in [3.05, 3.63) is 45.5 Å². The molecule has 1 aromatic heterocycles. The highest BCUT2D eigenvalue weighted by Crippen LogP contribution is 2.34. The third-order valence-electron chi connectivity index (χ3n) is 2.06. The van der Waals surface area contributed by atoms with Crippen LogP contribution in [0.25, 0.3) is 11.3 Å². The van der Waals surface area contributed by atoms with Crippen LogP contribution in [0.2, 0.25) is 15.1 Å². The fourth-order valence-electron chi connectivity index (χ4n) is 1.31. The highest BCUT2D eigenvalue weighted by Gasteiger charge is 2.08. The van der Waals surface area contributed by atoms with Crippen LogP contribution in [-0.2, 0) is 0 Å². The number of nitrogens with two attached hydrogens (primary N) is 1. The number of halogens is 3. The molecule has 0 amide bonds. The Morgan fingerprint density at radius 3 is 2.19 bits per heavy atom. The molecule has 2 rings (SSSR count). The minimum absolute atomic E-state index is 0.344. The average Bonchev–Trinajstić information content (AvgIpc) is 2.25. The molecule has 0 spiro atoms. The van der Waals surface area contributed by atoms with Gasteiger partial charge >= 0.3 is 0 Å². The van der Waals surface area contributed by atoms with Crippen molar-refractivity contribution in [1.29, 1.82) is 0 Å². The molecule has 0 saturated carbocycles. The largest absolute Gasteiger partial charge is 0.399 e. The van der Waals surface area contributed by atoms with Gasteiger partial charge < -0.3 is 5.73 Å². The summed E-state index contributed by atoms with van der Waals surface area (Å²) in [6, 6.07) is 6.87. The zero-order chi connectivity index (χ0) is 11.7. The highest BCUT2D eigenvalue weighted by molar-refractivity contribution is 6.48. The van der Waals surface area contributed by atoms with Gasteiger partial charge in [-0.05, 0) is 24.3 Å². The molecular formula is C11H7Cl3N2. The summed E-state index contributed by atoms with van der Waals surface area (Å²) in [6.07, 6.45) is 1.63. The molecule has 16 heavy (non-hydrogen) atoms. The van der Waals surface area contributed by atoms with Gasteiger partial charge in [0.15, 0.2) is 0 Å². The second-order valence-corrected chi connectivity index (χ2v) is 4.42. The topological polar surface area (TPSA) is 38.9 Å². The predicted molar refractivity (Wildman–Crippen MR) is 69.1 cm³/mol. The summed E-state index contributed by atoms with van der Waals surface area (Å²) in [6.45, 7) is 0. The molecule has 2 N–H and O–H groups in total. The van der Waals surface area contributed by atoms with E-state index >= 15 is 0 Å². The SMILES string of the molecule is Nc1ccnc(-c2cc(Cl)c(Cl)c(Cl)c2)c1. The highest BCUT2D eigenvalue weighted by atomic mass is 35.5. The fourth-order valence-corrected chi connectivity index (χ4v) is 1.90. The first-order valence-electron chi connectivity index (χ1n) is 4.44. The quantitative estimate of drug-likeness (QED) is 0.787. The lowest BCUT2D eigenvalue weighted by atomic mass is 10.1. The van der Waals surface area contributed by atoms with Crippen LogP contribution in [0.15, 0.2) is 30.5 Å². The number of pyridine rings is 1. The van der Waals surface area contributed by atoms with Gasteiger partial charge in [0.25, 0.3) is 0 Å². The van der Waals surface area contributed by atoms with Crippen LogP contribution < -0.4 is 5.73 Å². The van der Waals surface area contributed by atoms with Gasteiger partial charge in [0.2, 0.25) is 0 Å². The third kappa shape index (κ3) is 2.24. The van der Waals surface area contributed by atoms with E-state index in [4.69, 9.17) is 40.5 Å². The smallest absolute Gasteiger partial charge is 0.0778 e. The van der Waals surface area contributed by atoms with E-state index in [2.05, 4.69) is 4.98 Å². The maximum absolute atomic E-state index is 5.93. The minimum atomic E-state index is 0.344. The minimum Gasteiger partial charge on any atom is -0.399 e. The Morgan fingerprint density at radius 1 is 1.00 bits per heavy atom. The molecule has 1 aromatic carbocycles. The molecule has 0 unspecified atom stereocenters. The molecular weight excluding hydrogens is 266 g/mol. The number of aromatic nitrogens is 1. The van der Waals surface area contributed by atoms with Gasteiger partial charge in [0.05, 0.1) is 20.8 Å². The Bertz CT molecular complexity index is 517. The second kappa shape index (κ2) is 4.50. The van der Waals surface area contributed by atoms with E-state index in [1.165, 1.54) is 0 Å². The van der Waals surface area contributed by atoms with Gasteiger partial charge in [-0.3, -0.25) is 4.98 Å². The van der Waals surface area contributed by atoms with E-state index < -0.39 is 0 Å². The van der Waals surface area contributed by atoms with Crippen LogP contribution >= 0.6 is 34.8 Å². The second-order valence-electron chi connectivity index (χ2n) is 3.23.